The molecule has 2 rings (SSSR count). The van der Waals surface area contributed by atoms with E-state index in [2.05, 4.69) is 17.1 Å². The van der Waals surface area contributed by atoms with Crippen molar-refractivity contribution in [2.75, 3.05) is 6.61 Å². The third-order valence-corrected chi connectivity index (χ3v) is 3.14. The van der Waals surface area contributed by atoms with Crippen molar-refractivity contribution in [3.8, 4) is 17.0 Å². The average molecular weight is 307 g/mol. The predicted octanol–water partition coefficient (Wildman–Crippen LogP) is 2.99. The second-order valence-electron chi connectivity index (χ2n) is 4.50. The molecule has 6 heteroatoms. The normalized spacial score (nSPS) is 10.4. The lowest BCUT2D eigenvalue weighted by Gasteiger charge is -2.06. The van der Waals surface area contributed by atoms with Gasteiger partial charge in [0.15, 0.2) is 0 Å². The van der Waals surface area contributed by atoms with Gasteiger partial charge in [0.25, 0.3) is 10.8 Å². The molecule has 0 saturated heterocycles. The fourth-order valence-corrected chi connectivity index (χ4v) is 1.90. The van der Waals surface area contributed by atoms with E-state index in [0.717, 1.165) is 24.2 Å². The molecule has 1 heterocycles. The quantitative estimate of drug-likeness (QED) is 0.658. The van der Waals surface area contributed by atoms with Gasteiger partial charge < -0.3 is 4.74 Å². The Morgan fingerprint density at radius 3 is 2.67 bits per heavy atom. The Bertz CT molecular complexity index is 680. The molecule has 21 heavy (non-hydrogen) atoms. The smallest absolute Gasteiger partial charge is 0.276 e. The number of halogens is 1. The van der Waals surface area contributed by atoms with Gasteiger partial charge in [0.05, 0.1) is 12.3 Å². The molecule has 0 aliphatic heterocycles. The van der Waals surface area contributed by atoms with E-state index in [1.807, 2.05) is 24.3 Å². The van der Waals surface area contributed by atoms with Crippen molar-refractivity contribution in [3.63, 3.8) is 0 Å². The van der Waals surface area contributed by atoms with Gasteiger partial charge in [-0.3, -0.25) is 9.59 Å². The average Bonchev–Trinajstić information content (AvgIpc) is 2.48. The van der Waals surface area contributed by atoms with Crippen LogP contribution in [0.3, 0.4) is 0 Å². The number of aromatic nitrogens is 2. The molecule has 110 valence electrons. The maximum Gasteiger partial charge on any atom is 0.276 e. The number of nitrogens with one attached hydrogen (secondary N) is 1. The van der Waals surface area contributed by atoms with Crippen molar-refractivity contribution in [2.45, 2.75) is 19.8 Å². The molecule has 0 aliphatic carbocycles. The molecule has 2 aromatic rings. The molecule has 0 unspecified atom stereocenters. The minimum Gasteiger partial charge on any atom is -0.494 e. The van der Waals surface area contributed by atoms with E-state index in [1.54, 1.807) is 0 Å². The summed E-state index contributed by atoms with van der Waals surface area (Å²) in [6.07, 6.45) is 2.08. The van der Waals surface area contributed by atoms with Gasteiger partial charge in [-0.1, -0.05) is 13.3 Å². The van der Waals surface area contributed by atoms with E-state index < -0.39 is 10.8 Å². The molecule has 0 radical (unpaired) electrons. The van der Waals surface area contributed by atoms with Crippen LogP contribution in [0.2, 0.25) is 0 Å². The second kappa shape index (κ2) is 7.04. The number of hydrogen-bond donors (Lipinski definition) is 1. The Morgan fingerprint density at radius 2 is 2.05 bits per heavy atom. The van der Waals surface area contributed by atoms with Crippen LogP contribution in [0.15, 0.2) is 35.1 Å². The van der Waals surface area contributed by atoms with Gasteiger partial charge in [-0.05, 0) is 48.4 Å². The minimum atomic E-state index is -0.806. The Kier molecular flexibility index (Phi) is 5.11. The zero-order chi connectivity index (χ0) is 15.2. The number of H-pyrrole nitrogens is 1. The molecular weight excluding hydrogens is 292 g/mol. The van der Waals surface area contributed by atoms with E-state index in [1.165, 1.54) is 6.07 Å². The Hall–Kier alpha value is -2.14. The highest BCUT2D eigenvalue weighted by Gasteiger charge is 2.10. The fraction of sp³-hybridized carbons (Fsp3) is 0.267. The molecule has 0 amide bonds. The van der Waals surface area contributed by atoms with Gasteiger partial charge in [0, 0.05) is 5.56 Å². The van der Waals surface area contributed by atoms with Crippen LogP contribution in [-0.4, -0.2) is 22.0 Å². The highest BCUT2D eigenvalue weighted by Crippen LogP contribution is 2.20. The molecule has 0 aliphatic rings. The van der Waals surface area contributed by atoms with Gasteiger partial charge in [-0.15, -0.1) is 0 Å². The van der Waals surface area contributed by atoms with Crippen molar-refractivity contribution in [2.24, 2.45) is 0 Å². The van der Waals surface area contributed by atoms with E-state index >= 15 is 0 Å². The van der Waals surface area contributed by atoms with Crippen molar-refractivity contribution in [1.29, 1.82) is 0 Å². The monoisotopic (exact) mass is 306 g/mol. The molecule has 0 saturated carbocycles. The fourth-order valence-electron chi connectivity index (χ4n) is 1.76. The molecule has 0 spiro atoms. The topological polar surface area (TPSA) is 72.1 Å². The number of carbonyl (C=O) groups is 1. The van der Waals surface area contributed by atoms with Crippen LogP contribution in [0.4, 0.5) is 0 Å². The third-order valence-electron chi connectivity index (χ3n) is 2.93. The number of unbranched alkanes of at least 4 members (excludes halogenated alkanes) is 1. The van der Waals surface area contributed by atoms with Crippen LogP contribution in [-0.2, 0) is 0 Å². The summed E-state index contributed by atoms with van der Waals surface area (Å²) in [6, 6.07) is 8.63. The highest BCUT2D eigenvalue weighted by atomic mass is 35.5. The first kappa shape index (κ1) is 15.3. The molecule has 0 bridgehead atoms. The van der Waals surface area contributed by atoms with Crippen LogP contribution in [0.25, 0.3) is 11.3 Å². The maximum absolute atomic E-state index is 11.4. The first-order chi connectivity index (χ1) is 10.1. The highest BCUT2D eigenvalue weighted by molar-refractivity contribution is 6.67. The van der Waals surface area contributed by atoms with Gasteiger partial charge >= 0.3 is 0 Å². The van der Waals surface area contributed by atoms with Crippen LogP contribution in [0.1, 0.15) is 30.1 Å². The number of benzene rings is 1. The lowest BCUT2D eigenvalue weighted by atomic mass is 10.1. The Balaban J connectivity index is 2.20. The van der Waals surface area contributed by atoms with Crippen molar-refractivity contribution in [1.82, 2.24) is 10.2 Å². The van der Waals surface area contributed by atoms with Crippen LogP contribution in [0.5, 0.6) is 5.75 Å². The molecule has 0 fully saturated rings. The number of aromatic amines is 1. The molecule has 1 aromatic heterocycles. The number of nitrogens with zero attached hydrogens (tertiary/aromatic N) is 1. The van der Waals surface area contributed by atoms with Crippen LogP contribution >= 0.6 is 11.6 Å². The van der Waals surface area contributed by atoms with E-state index in [0.29, 0.717) is 12.3 Å². The molecule has 1 aromatic carbocycles. The van der Waals surface area contributed by atoms with Crippen molar-refractivity contribution in [3.05, 3.63) is 46.2 Å². The minimum absolute atomic E-state index is 0.120. The van der Waals surface area contributed by atoms with Crippen molar-refractivity contribution < 1.29 is 9.53 Å². The van der Waals surface area contributed by atoms with E-state index in [4.69, 9.17) is 16.3 Å². The van der Waals surface area contributed by atoms with Gasteiger partial charge in [-0.2, -0.15) is 5.10 Å². The summed E-state index contributed by atoms with van der Waals surface area (Å²) >= 11 is 5.36. The number of hydrogen-bond acceptors (Lipinski definition) is 4. The molecular formula is C15H15ClN2O3. The largest absolute Gasteiger partial charge is 0.494 e. The zero-order valence-electron chi connectivity index (χ0n) is 11.6. The van der Waals surface area contributed by atoms with Crippen LogP contribution < -0.4 is 10.3 Å². The first-order valence-electron chi connectivity index (χ1n) is 6.64. The summed E-state index contributed by atoms with van der Waals surface area (Å²) < 4.78 is 5.56. The van der Waals surface area contributed by atoms with Gasteiger partial charge in [0.1, 0.15) is 11.3 Å². The maximum atomic E-state index is 11.4. The second-order valence-corrected chi connectivity index (χ2v) is 4.84. The lowest BCUT2D eigenvalue weighted by molar-refractivity contribution is 0.108. The lowest BCUT2D eigenvalue weighted by Crippen LogP contribution is -2.16. The summed E-state index contributed by atoms with van der Waals surface area (Å²) in [5, 5.41) is 5.36. The Morgan fingerprint density at radius 1 is 1.33 bits per heavy atom. The van der Waals surface area contributed by atoms with E-state index in [9.17, 15) is 9.59 Å². The molecule has 1 N–H and O–H groups in total. The van der Waals surface area contributed by atoms with E-state index in [-0.39, 0.29) is 5.56 Å². The number of ether oxygens (including phenoxy) is 1. The number of rotatable bonds is 6. The predicted molar refractivity (Wildman–Crippen MR) is 80.9 cm³/mol. The summed E-state index contributed by atoms with van der Waals surface area (Å²) in [6.45, 7) is 2.78. The van der Waals surface area contributed by atoms with Gasteiger partial charge in [-0.25, -0.2) is 5.10 Å². The third kappa shape index (κ3) is 3.92. The zero-order valence-corrected chi connectivity index (χ0v) is 12.3. The SMILES string of the molecule is CCCCOc1ccc(-c2cc(C(=O)Cl)c(=O)[nH]n2)cc1. The molecule has 0 atom stereocenters. The summed E-state index contributed by atoms with van der Waals surface area (Å²) in [5.41, 5.74) is 0.509. The van der Waals surface area contributed by atoms with Gasteiger partial charge in [0.2, 0.25) is 0 Å². The van der Waals surface area contributed by atoms with Crippen molar-refractivity contribution >= 4 is 16.8 Å². The summed E-state index contributed by atoms with van der Waals surface area (Å²) in [7, 11) is 0. The summed E-state index contributed by atoms with van der Waals surface area (Å²) in [4.78, 5) is 22.5. The Labute approximate surface area is 126 Å². The number of carbonyl (C=O) groups excluding carboxylic acids is 1. The molecule has 5 nitrogen and oxygen atoms in total. The summed E-state index contributed by atoms with van der Waals surface area (Å²) in [5.74, 6) is 0.769. The van der Waals surface area contributed by atoms with Crippen LogP contribution in [0, 0.1) is 0 Å². The standard InChI is InChI=1S/C15H15ClN2O3/c1-2-3-8-21-11-6-4-10(5-7-11)13-9-12(14(16)19)15(20)18-17-13/h4-7,9H,2-3,8H2,1H3,(H,18,20). The first-order valence-corrected chi connectivity index (χ1v) is 7.02.